The van der Waals surface area contributed by atoms with E-state index in [9.17, 15) is 0 Å². The van der Waals surface area contributed by atoms with Gasteiger partial charge in [-0.3, -0.25) is 0 Å². The highest BCUT2D eigenvalue weighted by Crippen LogP contribution is 2.11. The molecule has 1 unspecified atom stereocenters. The number of unbranched alkanes of at least 4 members (excludes halogenated alkanes) is 14. The number of nitrogens with one attached hydrogen (secondary N) is 1. The van der Waals surface area contributed by atoms with Crippen molar-refractivity contribution in [3.05, 3.63) is 24.3 Å². The van der Waals surface area contributed by atoms with Gasteiger partial charge in [-0.25, -0.2) is 0 Å². The molecule has 0 amide bonds. The number of hydrogen-bond acceptors (Lipinski definition) is 2. The first-order chi connectivity index (χ1) is 15.3. The summed E-state index contributed by atoms with van der Waals surface area (Å²) in [7, 11) is 0. The number of rotatable bonds is 25. The molecular weight excluding hydrogens is 376 g/mol. The first-order valence-corrected chi connectivity index (χ1v) is 14.1. The van der Waals surface area contributed by atoms with E-state index >= 15 is 0 Å². The molecule has 0 aromatic heterocycles. The fourth-order valence-electron chi connectivity index (χ4n) is 3.98. The third-order valence-electron chi connectivity index (χ3n) is 6.17. The maximum absolute atomic E-state index is 6.28. The van der Waals surface area contributed by atoms with Crippen molar-refractivity contribution < 1.29 is 0 Å². The SMILES string of the molecule is CCCCCC=CCC=CCCCCCCCCC(N)CCNCCCCCCCC. The summed E-state index contributed by atoms with van der Waals surface area (Å²) in [5.74, 6) is 0. The van der Waals surface area contributed by atoms with Crippen LogP contribution in [0.25, 0.3) is 0 Å². The van der Waals surface area contributed by atoms with Crippen molar-refractivity contribution in [2.45, 2.75) is 148 Å². The first-order valence-electron chi connectivity index (χ1n) is 14.1. The third-order valence-corrected chi connectivity index (χ3v) is 6.17. The minimum Gasteiger partial charge on any atom is -0.328 e. The van der Waals surface area contributed by atoms with Crippen LogP contribution in [0.2, 0.25) is 0 Å². The van der Waals surface area contributed by atoms with Crippen molar-refractivity contribution in [1.82, 2.24) is 5.32 Å². The van der Waals surface area contributed by atoms with Crippen LogP contribution in [0, 0.1) is 0 Å². The Hall–Kier alpha value is -0.600. The molecule has 0 fully saturated rings. The second kappa shape index (κ2) is 27.4. The number of nitrogens with two attached hydrogens (primary N) is 1. The molecule has 3 N–H and O–H groups in total. The smallest absolute Gasteiger partial charge is 0.00509 e. The largest absolute Gasteiger partial charge is 0.328 e. The summed E-state index contributed by atoms with van der Waals surface area (Å²) in [4.78, 5) is 0. The van der Waals surface area contributed by atoms with Gasteiger partial charge in [-0.15, -0.1) is 0 Å². The molecule has 0 aliphatic carbocycles. The Kier molecular flexibility index (Phi) is 26.9. The van der Waals surface area contributed by atoms with E-state index in [1.165, 1.54) is 122 Å². The van der Waals surface area contributed by atoms with E-state index in [4.69, 9.17) is 5.73 Å². The summed E-state index contributed by atoms with van der Waals surface area (Å²) in [6.07, 6.45) is 35.8. The van der Waals surface area contributed by atoms with Gasteiger partial charge < -0.3 is 11.1 Å². The summed E-state index contributed by atoms with van der Waals surface area (Å²) < 4.78 is 0. The minimum absolute atomic E-state index is 0.392. The van der Waals surface area contributed by atoms with E-state index in [0.717, 1.165) is 19.4 Å². The molecule has 0 aliphatic heterocycles. The zero-order chi connectivity index (χ0) is 22.7. The van der Waals surface area contributed by atoms with Crippen LogP contribution in [0.1, 0.15) is 142 Å². The molecular formula is C29H58N2. The fraction of sp³-hybridized carbons (Fsp3) is 0.862. The lowest BCUT2D eigenvalue weighted by atomic mass is 10.0. The summed E-state index contributed by atoms with van der Waals surface area (Å²) in [6.45, 7) is 6.81. The van der Waals surface area contributed by atoms with Gasteiger partial charge in [0.25, 0.3) is 0 Å². The normalized spacial score (nSPS) is 13.0. The summed E-state index contributed by atoms with van der Waals surface area (Å²) in [5, 5.41) is 3.57. The van der Waals surface area contributed by atoms with Gasteiger partial charge in [-0.2, -0.15) is 0 Å². The van der Waals surface area contributed by atoms with E-state index in [-0.39, 0.29) is 0 Å². The Morgan fingerprint density at radius 2 is 1.06 bits per heavy atom. The van der Waals surface area contributed by atoms with Gasteiger partial charge in [0.15, 0.2) is 0 Å². The monoisotopic (exact) mass is 434 g/mol. The molecule has 0 aromatic rings. The highest BCUT2D eigenvalue weighted by Gasteiger charge is 2.02. The van der Waals surface area contributed by atoms with Gasteiger partial charge in [-0.1, -0.05) is 115 Å². The predicted molar refractivity (Wildman–Crippen MR) is 143 cm³/mol. The number of hydrogen-bond donors (Lipinski definition) is 2. The van der Waals surface area contributed by atoms with Crippen molar-refractivity contribution in [2.75, 3.05) is 13.1 Å². The van der Waals surface area contributed by atoms with Gasteiger partial charge in [0.2, 0.25) is 0 Å². The first kappa shape index (κ1) is 30.4. The van der Waals surface area contributed by atoms with Crippen molar-refractivity contribution in [1.29, 1.82) is 0 Å². The van der Waals surface area contributed by atoms with E-state index < -0.39 is 0 Å². The summed E-state index contributed by atoms with van der Waals surface area (Å²) in [5.41, 5.74) is 6.28. The second-order valence-corrected chi connectivity index (χ2v) is 9.44. The molecule has 0 heterocycles. The molecule has 0 saturated heterocycles. The summed E-state index contributed by atoms with van der Waals surface area (Å²) in [6, 6.07) is 0.392. The van der Waals surface area contributed by atoms with Crippen LogP contribution in [0.4, 0.5) is 0 Å². The van der Waals surface area contributed by atoms with E-state index in [2.05, 4.69) is 43.5 Å². The molecule has 184 valence electrons. The Bertz CT molecular complexity index is 375. The van der Waals surface area contributed by atoms with Crippen molar-refractivity contribution in [3.63, 3.8) is 0 Å². The topological polar surface area (TPSA) is 38.0 Å². The Morgan fingerprint density at radius 3 is 1.74 bits per heavy atom. The van der Waals surface area contributed by atoms with Crippen LogP contribution in [0.3, 0.4) is 0 Å². The lowest BCUT2D eigenvalue weighted by Crippen LogP contribution is -2.27. The maximum Gasteiger partial charge on any atom is 0.00509 e. The quantitative estimate of drug-likeness (QED) is 0.111. The molecule has 0 spiro atoms. The highest BCUT2D eigenvalue weighted by atomic mass is 14.8. The van der Waals surface area contributed by atoms with Crippen LogP contribution in [-0.4, -0.2) is 19.1 Å². The van der Waals surface area contributed by atoms with Crippen molar-refractivity contribution >= 4 is 0 Å². The average molecular weight is 435 g/mol. The van der Waals surface area contributed by atoms with Gasteiger partial charge >= 0.3 is 0 Å². The molecule has 0 rings (SSSR count). The Labute approximate surface area is 196 Å². The molecule has 0 aliphatic rings. The molecule has 0 saturated carbocycles. The van der Waals surface area contributed by atoms with E-state index in [1.54, 1.807) is 0 Å². The van der Waals surface area contributed by atoms with E-state index in [1.807, 2.05) is 0 Å². The molecule has 31 heavy (non-hydrogen) atoms. The maximum atomic E-state index is 6.28. The van der Waals surface area contributed by atoms with Crippen molar-refractivity contribution in [2.24, 2.45) is 5.73 Å². The van der Waals surface area contributed by atoms with Crippen LogP contribution in [0.15, 0.2) is 24.3 Å². The average Bonchev–Trinajstić information content (AvgIpc) is 2.77. The highest BCUT2D eigenvalue weighted by molar-refractivity contribution is 4.92. The van der Waals surface area contributed by atoms with Crippen LogP contribution < -0.4 is 11.1 Å². The molecule has 1 atom stereocenters. The minimum atomic E-state index is 0.392. The van der Waals surface area contributed by atoms with Crippen LogP contribution in [-0.2, 0) is 0 Å². The van der Waals surface area contributed by atoms with Gasteiger partial charge in [0.1, 0.15) is 0 Å². The van der Waals surface area contributed by atoms with Crippen LogP contribution in [0.5, 0.6) is 0 Å². The molecule has 0 aromatic carbocycles. The predicted octanol–water partition coefficient (Wildman–Crippen LogP) is 8.86. The van der Waals surface area contributed by atoms with Gasteiger partial charge in [0.05, 0.1) is 0 Å². The molecule has 2 heteroatoms. The van der Waals surface area contributed by atoms with Crippen molar-refractivity contribution in [3.8, 4) is 0 Å². The number of allylic oxidation sites excluding steroid dienone is 4. The zero-order valence-corrected chi connectivity index (χ0v) is 21.5. The fourth-order valence-corrected chi connectivity index (χ4v) is 3.98. The van der Waals surface area contributed by atoms with Gasteiger partial charge in [-0.05, 0) is 64.5 Å². The van der Waals surface area contributed by atoms with E-state index in [0.29, 0.717) is 6.04 Å². The Morgan fingerprint density at radius 1 is 0.548 bits per heavy atom. The second-order valence-electron chi connectivity index (χ2n) is 9.44. The standard InChI is InChI=1S/C29H58N2/c1-3-5-7-9-11-12-13-14-15-16-17-18-19-20-21-23-25-29(30)26-28-31-27-24-22-10-8-6-4-2/h11-12,14-15,29,31H,3-10,13,16-28,30H2,1-2H3. The molecule has 0 bridgehead atoms. The third kappa shape index (κ3) is 27.4. The Balaban J connectivity index is 3.23. The zero-order valence-electron chi connectivity index (χ0n) is 21.5. The van der Waals surface area contributed by atoms with Crippen LogP contribution >= 0.6 is 0 Å². The lowest BCUT2D eigenvalue weighted by molar-refractivity contribution is 0.488. The molecule has 0 radical (unpaired) electrons. The summed E-state index contributed by atoms with van der Waals surface area (Å²) >= 11 is 0. The lowest BCUT2D eigenvalue weighted by Gasteiger charge is -2.12. The van der Waals surface area contributed by atoms with Gasteiger partial charge in [0, 0.05) is 6.04 Å². The molecule has 2 nitrogen and oxygen atoms in total.